The van der Waals surface area contributed by atoms with E-state index in [9.17, 15) is 5.11 Å². The van der Waals surface area contributed by atoms with E-state index < -0.39 is 5.60 Å². The van der Waals surface area contributed by atoms with Crippen molar-refractivity contribution in [3.05, 3.63) is 46.7 Å². The minimum atomic E-state index is -0.990. The summed E-state index contributed by atoms with van der Waals surface area (Å²) in [6.07, 6.45) is -0.0945. The SMILES string of the molecule is CCNC(=NCC(C)(O)c1cccs1)NCC(C)Oc1ccccc1OC. The Kier molecular flexibility index (Phi) is 7.94. The van der Waals surface area contributed by atoms with Crippen LogP contribution in [0.25, 0.3) is 0 Å². The molecule has 1 aromatic carbocycles. The van der Waals surface area contributed by atoms with Gasteiger partial charge in [-0.25, -0.2) is 4.99 Å². The molecule has 0 aliphatic rings. The van der Waals surface area contributed by atoms with Crippen LogP contribution in [0.1, 0.15) is 25.6 Å². The van der Waals surface area contributed by atoms with Crippen molar-refractivity contribution in [1.82, 2.24) is 10.6 Å². The number of methoxy groups -OCH3 is 1. The summed E-state index contributed by atoms with van der Waals surface area (Å²) in [5.41, 5.74) is -0.990. The molecule has 0 amide bonds. The summed E-state index contributed by atoms with van der Waals surface area (Å²) in [4.78, 5) is 5.42. The molecule has 7 heteroatoms. The number of aliphatic hydroxyl groups is 1. The van der Waals surface area contributed by atoms with E-state index in [0.29, 0.717) is 24.0 Å². The van der Waals surface area contributed by atoms with Crippen LogP contribution in [-0.2, 0) is 5.60 Å². The summed E-state index contributed by atoms with van der Waals surface area (Å²) >= 11 is 1.53. The van der Waals surface area contributed by atoms with Gasteiger partial charge in [-0.2, -0.15) is 0 Å². The highest BCUT2D eigenvalue weighted by Crippen LogP contribution is 2.27. The lowest BCUT2D eigenvalue weighted by Crippen LogP contribution is -2.42. The lowest BCUT2D eigenvalue weighted by Gasteiger charge is -2.22. The highest BCUT2D eigenvalue weighted by Gasteiger charge is 2.24. The molecule has 0 radical (unpaired) electrons. The molecular weight excluding hydrogens is 362 g/mol. The molecule has 1 heterocycles. The molecule has 0 spiro atoms. The molecule has 0 aliphatic heterocycles. The molecule has 1 aromatic heterocycles. The zero-order valence-electron chi connectivity index (χ0n) is 16.4. The summed E-state index contributed by atoms with van der Waals surface area (Å²) in [5, 5.41) is 19.0. The standard InChI is InChI=1S/C20H29N3O3S/c1-5-21-19(23-14-20(3,24)18-11-8-12-27-18)22-13-15(2)26-17-10-7-6-9-16(17)25-4/h6-12,15,24H,5,13-14H2,1-4H3,(H2,21,22,23). The third-order valence-corrected chi connectivity index (χ3v) is 5.02. The van der Waals surface area contributed by atoms with Crippen molar-refractivity contribution in [3.63, 3.8) is 0 Å². The van der Waals surface area contributed by atoms with E-state index in [1.165, 1.54) is 11.3 Å². The van der Waals surface area contributed by atoms with Gasteiger partial charge in [0, 0.05) is 11.4 Å². The van der Waals surface area contributed by atoms with E-state index >= 15 is 0 Å². The van der Waals surface area contributed by atoms with Crippen molar-refractivity contribution >= 4 is 17.3 Å². The van der Waals surface area contributed by atoms with Gasteiger partial charge in [0.15, 0.2) is 17.5 Å². The summed E-state index contributed by atoms with van der Waals surface area (Å²) in [5.74, 6) is 2.05. The minimum absolute atomic E-state index is 0.0945. The second-order valence-electron chi connectivity index (χ2n) is 6.41. The Balaban J connectivity index is 1.93. The van der Waals surface area contributed by atoms with Crippen LogP contribution in [0.5, 0.6) is 11.5 Å². The minimum Gasteiger partial charge on any atom is -0.493 e. The fraction of sp³-hybridized carbons (Fsp3) is 0.450. The Morgan fingerprint density at radius 2 is 1.96 bits per heavy atom. The lowest BCUT2D eigenvalue weighted by molar-refractivity contribution is 0.0711. The topological polar surface area (TPSA) is 75.1 Å². The quantitative estimate of drug-likeness (QED) is 0.453. The molecule has 2 rings (SSSR count). The fourth-order valence-corrected chi connectivity index (χ4v) is 3.23. The molecular formula is C20H29N3O3S. The number of hydrogen-bond donors (Lipinski definition) is 3. The number of rotatable bonds is 9. The molecule has 0 saturated carbocycles. The van der Waals surface area contributed by atoms with Crippen LogP contribution in [0.15, 0.2) is 46.8 Å². The highest BCUT2D eigenvalue weighted by atomic mass is 32.1. The number of nitrogens with zero attached hydrogens (tertiary/aromatic N) is 1. The Bertz CT molecular complexity index is 717. The molecule has 0 bridgehead atoms. The van der Waals surface area contributed by atoms with Gasteiger partial charge < -0.3 is 25.2 Å². The van der Waals surface area contributed by atoms with Crippen molar-refractivity contribution in [1.29, 1.82) is 0 Å². The fourth-order valence-electron chi connectivity index (χ4n) is 2.45. The van der Waals surface area contributed by atoms with Gasteiger partial charge in [0.05, 0.1) is 20.2 Å². The average molecular weight is 392 g/mol. The lowest BCUT2D eigenvalue weighted by atomic mass is 10.1. The molecule has 2 atom stereocenters. The maximum atomic E-state index is 10.6. The van der Waals surface area contributed by atoms with E-state index in [0.717, 1.165) is 11.4 Å². The number of nitrogens with one attached hydrogen (secondary N) is 2. The van der Waals surface area contributed by atoms with Gasteiger partial charge in [0.25, 0.3) is 0 Å². The molecule has 2 aromatic rings. The van der Waals surface area contributed by atoms with Crippen molar-refractivity contribution in [3.8, 4) is 11.5 Å². The third kappa shape index (κ3) is 6.45. The number of thiophene rings is 1. The maximum Gasteiger partial charge on any atom is 0.191 e. The van der Waals surface area contributed by atoms with Crippen molar-refractivity contribution in [2.24, 2.45) is 4.99 Å². The van der Waals surface area contributed by atoms with Gasteiger partial charge in [-0.15, -0.1) is 11.3 Å². The number of ether oxygens (including phenoxy) is 2. The Morgan fingerprint density at radius 1 is 1.22 bits per heavy atom. The smallest absolute Gasteiger partial charge is 0.191 e. The normalized spacial score (nSPS) is 14.9. The van der Waals surface area contributed by atoms with Crippen LogP contribution >= 0.6 is 11.3 Å². The van der Waals surface area contributed by atoms with E-state index in [4.69, 9.17) is 9.47 Å². The van der Waals surface area contributed by atoms with Crippen molar-refractivity contribution in [2.75, 3.05) is 26.7 Å². The summed E-state index contributed by atoms with van der Waals surface area (Å²) < 4.78 is 11.3. The molecule has 2 unspecified atom stereocenters. The highest BCUT2D eigenvalue weighted by molar-refractivity contribution is 7.10. The first-order valence-electron chi connectivity index (χ1n) is 9.04. The summed E-state index contributed by atoms with van der Waals surface area (Å²) in [6, 6.07) is 11.4. The van der Waals surface area contributed by atoms with Crippen molar-refractivity contribution < 1.29 is 14.6 Å². The van der Waals surface area contributed by atoms with Crippen molar-refractivity contribution in [2.45, 2.75) is 32.5 Å². The monoisotopic (exact) mass is 391 g/mol. The van der Waals surface area contributed by atoms with Gasteiger partial charge in [-0.1, -0.05) is 18.2 Å². The van der Waals surface area contributed by atoms with E-state index in [-0.39, 0.29) is 12.6 Å². The van der Waals surface area contributed by atoms with Gasteiger partial charge in [-0.05, 0) is 44.4 Å². The average Bonchev–Trinajstić information content (AvgIpc) is 3.20. The van der Waals surface area contributed by atoms with Gasteiger partial charge in [0.2, 0.25) is 0 Å². The molecule has 0 saturated heterocycles. The second-order valence-corrected chi connectivity index (χ2v) is 7.35. The molecule has 3 N–H and O–H groups in total. The zero-order chi connectivity index (χ0) is 19.7. The van der Waals surface area contributed by atoms with Gasteiger partial charge >= 0.3 is 0 Å². The third-order valence-electron chi connectivity index (χ3n) is 3.90. The zero-order valence-corrected chi connectivity index (χ0v) is 17.2. The second kappa shape index (κ2) is 10.2. The van der Waals surface area contributed by atoms with Gasteiger partial charge in [-0.3, -0.25) is 0 Å². The Morgan fingerprint density at radius 3 is 2.59 bits per heavy atom. The first kappa shape index (κ1) is 21.1. The number of benzene rings is 1. The number of para-hydroxylation sites is 2. The largest absolute Gasteiger partial charge is 0.493 e. The number of guanidine groups is 1. The predicted octanol–water partition coefficient (Wildman–Crippen LogP) is 2.99. The Labute approximate surface area is 165 Å². The van der Waals surface area contributed by atoms with Crippen LogP contribution < -0.4 is 20.1 Å². The predicted molar refractivity (Wildman–Crippen MR) is 111 cm³/mol. The van der Waals surface area contributed by atoms with Gasteiger partial charge in [0.1, 0.15) is 11.7 Å². The molecule has 6 nitrogen and oxygen atoms in total. The summed E-state index contributed by atoms with van der Waals surface area (Å²) in [7, 11) is 1.63. The number of hydrogen-bond acceptors (Lipinski definition) is 5. The molecule has 27 heavy (non-hydrogen) atoms. The van der Waals surface area contributed by atoms with Crippen LogP contribution in [0.4, 0.5) is 0 Å². The van der Waals surface area contributed by atoms with Crippen LogP contribution in [-0.4, -0.2) is 43.9 Å². The van der Waals surface area contributed by atoms with Crippen LogP contribution in [0.2, 0.25) is 0 Å². The first-order chi connectivity index (χ1) is 13.0. The van der Waals surface area contributed by atoms with E-state index in [1.54, 1.807) is 14.0 Å². The van der Waals surface area contributed by atoms with Crippen LogP contribution in [0, 0.1) is 0 Å². The van der Waals surface area contributed by atoms with E-state index in [1.807, 2.05) is 55.6 Å². The molecule has 0 aliphatic carbocycles. The molecule has 0 fully saturated rings. The molecule has 148 valence electrons. The summed E-state index contributed by atoms with van der Waals surface area (Å²) in [6.45, 7) is 7.32. The maximum absolute atomic E-state index is 10.6. The first-order valence-corrected chi connectivity index (χ1v) is 9.92. The van der Waals surface area contributed by atoms with E-state index in [2.05, 4.69) is 15.6 Å². The van der Waals surface area contributed by atoms with Crippen LogP contribution in [0.3, 0.4) is 0 Å². The Hall–Kier alpha value is -2.25. The number of aliphatic imine (C=N–C) groups is 1.